The van der Waals surface area contributed by atoms with Crippen molar-refractivity contribution in [3.8, 4) is 0 Å². The van der Waals surface area contributed by atoms with Gasteiger partial charge in [0.2, 0.25) is 0 Å². The summed E-state index contributed by atoms with van der Waals surface area (Å²) in [4.78, 5) is 9.29. The number of nitrogens with zero attached hydrogens (tertiary/aromatic N) is 3. The average molecular weight is 425 g/mol. The molecule has 0 spiro atoms. The normalized spacial score (nSPS) is 24.3. The monoisotopic (exact) mass is 423 g/mol. The Bertz CT molecular complexity index is 448. The van der Waals surface area contributed by atoms with Crippen molar-refractivity contribution in [3.63, 3.8) is 0 Å². The molecule has 0 radical (unpaired) electrons. The topological polar surface area (TPSA) is 32.5 Å². The molecule has 0 amide bonds. The first kappa shape index (κ1) is 19.0. The Balaban J connectivity index is 0.00000110. The van der Waals surface area contributed by atoms with Gasteiger partial charge in [0.05, 0.1) is 5.69 Å². The number of aromatic nitrogens is 1. The van der Waals surface area contributed by atoms with Crippen molar-refractivity contribution in [1.82, 2.24) is 9.88 Å². The fourth-order valence-electron chi connectivity index (χ4n) is 3.63. The predicted molar refractivity (Wildman–Crippen MR) is 97.3 cm³/mol. The first-order valence-electron chi connectivity index (χ1n) is 7.59. The molecule has 1 aromatic rings. The van der Waals surface area contributed by atoms with E-state index in [0.717, 1.165) is 30.5 Å². The second kappa shape index (κ2) is 7.97. The molecule has 1 saturated heterocycles. The quantitative estimate of drug-likeness (QED) is 0.743. The first-order valence-corrected chi connectivity index (χ1v) is 7.59. The van der Waals surface area contributed by atoms with Crippen LogP contribution in [0.5, 0.6) is 0 Å². The summed E-state index contributed by atoms with van der Waals surface area (Å²) in [7, 11) is 3.99. The fourth-order valence-corrected chi connectivity index (χ4v) is 3.63. The molecule has 0 saturated carbocycles. The van der Waals surface area contributed by atoms with Crippen LogP contribution in [0.25, 0.3) is 0 Å². The highest BCUT2D eigenvalue weighted by Crippen LogP contribution is 2.36. The molecule has 21 heavy (non-hydrogen) atoms. The van der Waals surface area contributed by atoms with Crippen molar-refractivity contribution in [2.75, 3.05) is 32.1 Å². The molecular formula is C15H27Br2N3O. The molecule has 1 aliphatic carbocycles. The molecule has 0 bridgehead atoms. The number of rotatable bonds is 3. The lowest BCUT2D eigenvalue weighted by Gasteiger charge is -2.43. The van der Waals surface area contributed by atoms with Crippen LogP contribution in [0, 0.1) is 5.92 Å². The van der Waals surface area contributed by atoms with E-state index in [2.05, 4.69) is 16.8 Å². The SMILES string of the molecule is Br.Br.CCCN1CCC[C@@H]2Cc3nc(N(C)C)oc3C[C@H]21. The third kappa shape index (κ3) is 3.82. The lowest BCUT2D eigenvalue weighted by Crippen LogP contribution is -2.49. The zero-order valence-electron chi connectivity index (χ0n) is 13.2. The van der Waals surface area contributed by atoms with Gasteiger partial charge in [-0.2, -0.15) is 4.98 Å². The molecule has 1 aromatic heterocycles. The maximum absolute atomic E-state index is 5.93. The van der Waals surface area contributed by atoms with Crippen LogP contribution in [0.4, 0.5) is 6.01 Å². The van der Waals surface area contributed by atoms with E-state index < -0.39 is 0 Å². The van der Waals surface area contributed by atoms with Gasteiger partial charge in [0, 0.05) is 26.6 Å². The number of anilines is 1. The molecule has 122 valence electrons. The van der Waals surface area contributed by atoms with Gasteiger partial charge < -0.3 is 9.32 Å². The van der Waals surface area contributed by atoms with Crippen molar-refractivity contribution in [1.29, 1.82) is 0 Å². The van der Waals surface area contributed by atoms with E-state index in [4.69, 9.17) is 4.42 Å². The Kier molecular flexibility index (Phi) is 7.20. The van der Waals surface area contributed by atoms with Crippen molar-refractivity contribution in [2.45, 2.75) is 45.1 Å². The van der Waals surface area contributed by atoms with Gasteiger partial charge >= 0.3 is 0 Å². The summed E-state index contributed by atoms with van der Waals surface area (Å²) in [6, 6.07) is 1.45. The van der Waals surface area contributed by atoms with Crippen LogP contribution in [0.1, 0.15) is 37.6 Å². The van der Waals surface area contributed by atoms with Gasteiger partial charge in [0.1, 0.15) is 5.76 Å². The number of hydrogen-bond acceptors (Lipinski definition) is 4. The Labute approximate surface area is 148 Å². The van der Waals surface area contributed by atoms with Gasteiger partial charge in [-0.05, 0) is 44.7 Å². The minimum absolute atomic E-state index is 0. The van der Waals surface area contributed by atoms with Crippen molar-refractivity contribution in [2.24, 2.45) is 5.92 Å². The van der Waals surface area contributed by atoms with Crippen molar-refractivity contribution >= 4 is 40.0 Å². The van der Waals surface area contributed by atoms with Gasteiger partial charge in [0.15, 0.2) is 0 Å². The summed E-state index contributed by atoms with van der Waals surface area (Å²) < 4.78 is 5.93. The maximum atomic E-state index is 5.93. The summed E-state index contributed by atoms with van der Waals surface area (Å²) in [6.07, 6.45) is 6.11. The first-order chi connectivity index (χ1) is 9.19. The van der Waals surface area contributed by atoms with Crippen molar-refractivity contribution in [3.05, 3.63) is 11.5 Å². The molecule has 2 aliphatic rings. The molecule has 3 rings (SSSR count). The van der Waals surface area contributed by atoms with Gasteiger partial charge in [0.25, 0.3) is 6.01 Å². The zero-order valence-corrected chi connectivity index (χ0v) is 16.6. The Morgan fingerprint density at radius 1 is 1.29 bits per heavy atom. The van der Waals surface area contributed by atoms with E-state index in [0.29, 0.717) is 6.04 Å². The summed E-state index contributed by atoms with van der Waals surface area (Å²) in [5.74, 6) is 1.92. The van der Waals surface area contributed by atoms with Crippen LogP contribution < -0.4 is 4.90 Å². The predicted octanol–water partition coefficient (Wildman–Crippen LogP) is 3.49. The minimum Gasteiger partial charge on any atom is -0.428 e. The molecule has 4 nitrogen and oxygen atoms in total. The van der Waals surface area contributed by atoms with Crippen LogP contribution in [0.3, 0.4) is 0 Å². The Hall–Kier alpha value is -0.0700. The summed E-state index contributed by atoms with van der Waals surface area (Å²) in [6.45, 7) is 4.76. The number of piperidine rings is 1. The molecule has 0 unspecified atom stereocenters. The van der Waals surface area contributed by atoms with E-state index in [1.54, 1.807) is 0 Å². The largest absolute Gasteiger partial charge is 0.428 e. The van der Waals surface area contributed by atoms with E-state index in [1.165, 1.54) is 38.0 Å². The van der Waals surface area contributed by atoms with Crippen LogP contribution in [-0.4, -0.2) is 43.1 Å². The summed E-state index contributed by atoms with van der Waals surface area (Å²) in [5.41, 5.74) is 1.21. The standard InChI is InChI=1S/C15H25N3O.2BrH/c1-4-7-18-8-5-6-11-9-12-14(10-13(11)18)19-15(16-12)17(2)3;;/h11,13H,4-10H2,1-3H3;2*1H/t11-,13-;;/m1../s1. The van der Waals surface area contributed by atoms with Crippen LogP contribution in [0.15, 0.2) is 4.42 Å². The highest BCUT2D eigenvalue weighted by molar-refractivity contribution is 8.93. The third-order valence-corrected chi connectivity index (χ3v) is 4.54. The van der Waals surface area contributed by atoms with E-state index in [9.17, 15) is 0 Å². The second-order valence-electron chi connectivity index (χ2n) is 6.17. The Morgan fingerprint density at radius 3 is 2.71 bits per heavy atom. The number of likely N-dealkylation sites (tertiary alicyclic amines) is 1. The maximum Gasteiger partial charge on any atom is 0.297 e. The molecule has 6 heteroatoms. The highest BCUT2D eigenvalue weighted by Gasteiger charge is 2.37. The smallest absolute Gasteiger partial charge is 0.297 e. The van der Waals surface area contributed by atoms with E-state index in [-0.39, 0.29) is 34.0 Å². The number of halogens is 2. The second-order valence-corrected chi connectivity index (χ2v) is 6.17. The number of oxazole rings is 1. The summed E-state index contributed by atoms with van der Waals surface area (Å²) >= 11 is 0. The molecule has 0 N–H and O–H groups in total. The minimum atomic E-state index is 0. The Morgan fingerprint density at radius 2 is 2.05 bits per heavy atom. The van der Waals surface area contributed by atoms with Gasteiger partial charge in [-0.3, -0.25) is 4.90 Å². The van der Waals surface area contributed by atoms with Gasteiger partial charge in [-0.1, -0.05) is 6.92 Å². The summed E-state index contributed by atoms with van der Waals surface area (Å²) in [5, 5.41) is 0. The molecule has 2 atom stereocenters. The van der Waals surface area contributed by atoms with Crippen molar-refractivity contribution < 1.29 is 4.42 Å². The molecule has 2 heterocycles. The van der Waals surface area contributed by atoms with Gasteiger partial charge in [-0.25, -0.2) is 0 Å². The third-order valence-electron chi connectivity index (χ3n) is 4.54. The molecule has 0 aromatic carbocycles. The fraction of sp³-hybridized carbons (Fsp3) is 0.800. The van der Waals surface area contributed by atoms with E-state index in [1.807, 2.05) is 19.0 Å². The average Bonchev–Trinajstić information content (AvgIpc) is 2.80. The molecule has 1 aliphatic heterocycles. The molecular weight excluding hydrogens is 398 g/mol. The highest BCUT2D eigenvalue weighted by atomic mass is 79.9. The zero-order chi connectivity index (χ0) is 13.4. The van der Waals surface area contributed by atoms with E-state index >= 15 is 0 Å². The molecule has 1 fully saturated rings. The number of hydrogen-bond donors (Lipinski definition) is 0. The lowest BCUT2D eigenvalue weighted by atomic mass is 9.79. The van der Waals surface area contributed by atoms with Gasteiger partial charge in [-0.15, -0.1) is 34.0 Å². The number of fused-ring (bicyclic) bond motifs is 2. The van der Waals surface area contributed by atoms with Crippen LogP contribution in [-0.2, 0) is 12.8 Å². The van der Waals surface area contributed by atoms with Crippen LogP contribution in [0.2, 0.25) is 0 Å². The van der Waals surface area contributed by atoms with Crippen LogP contribution >= 0.6 is 34.0 Å². The lowest BCUT2D eigenvalue weighted by molar-refractivity contribution is 0.0799.